The van der Waals surface area contributed by atoms with Crippen LogP contribution in [0, 0.1) is 20.8 Å². The van der Waals surface area contributed by atoms with Crippen LogP contribution in [0.4, 0.5) is 0 Å². The molecule has 0 bridgehead atoms. The summed E-state index contributed by atoms with van der Waals surface area (Å²) in [5.74, 6) is -0.203. The summed E-state index contributed by atoms with van der Waals surface area (Å²) in [5.41, 5.74) is 4.03. The minimum atomic E-state index is -0.203. The zero-order valence-corrected chi connectivity index (χ0v) is 10.5. The summed E-state index contributed by atoms with van der Waals surface area (Å²) in [6, 6.07) is 1.95. The molecule has 2 rings (SSSR count). The van der Waals surface area contributed by atoms with Crippen molar-refractivity contribution in [1.82, 2.24) is 4.98 Å². The van der Waals surface area contributed by atoms with E-state index in [-0.39, 0.29) is 16.8 Å². The van der Waals surface area contributed by atoms with Gasteiger partial charge < -0.3 is 4.98 Å². The molecule has 0 saturated carbocycles. The third-order valence-electron chi connectivity index (χ3n) is 3.38. The number of pyridine rings is 1. The van der Waals surface area contributed by atoms with E-state index in [1.807, 2.05) is 26.8 Å². The second-order valence-electron chi connectivity index (χ2n) is 4.45. The third kappa shape index (κ3) is 1.68. The molecule has 0 saturated heterocycles. The Bertz CT molecular complexity index is 681. The van der Waals surface area contributed by atoms with Gasteiger partial charge in [0.2, 0.25) is 0 Å². The summed E-state index contributed by atoms with van der Waals surface area (Å²) >= 11 is 0. The number of hydrogen-bond donors (Lipinski definition) is 1. The number of aromatic amines is 1. The summed E-state index contributed by atoms with van der Waals surface area (Å²) in [6.45, 7) is 7.33. The molecule has 1 aromatic carbocycles. The normalized spacial score (nSPS) is 10.8. The van der Waals surface area contributed by atoms with E-state index < -0.39 is 0 Å². The van der Waals surface area contributed by atoms with Gasteiger partial charge in [-0.25, -0.2) is 0 Å². The molecule has 0 aliphatic carbocycles. The standard InChI is InChI=1S/C14H15NO2/c1-7-5-12-13(9(3)8(7)2)14(17)11(6-15-12)10(4)16/h5-6H,1-4H3,(H,15,17). The van der Waals surface area contributed by atoms with Crippen molar-refractivity contribution in [2.45, 2.75) is 27.7 Å². The lowest BCUT2D eigenvalue weighted by Crippen LogP contribution is -2.15. The maximum absolute atomic E-state index is 12.2. The molecule has 88 valence electrons. The van der Waals surface area contributed by atoms with E-state index in [9.17, 15) is 9.59 Å². The van der Waals surface area contributed by atoms with Crippen LogP contribution in [0.5, 0.6) is 0 Å². The zero-order chi connectivity index (χ0) is 12.7. The first-order valence-corrected chi connectivity index (χ1v) is 5.56. The Kier molecular flexibility index (Phi) is 2.62. The summed E-state index contributed by atoms with van der Waals surface area (Å²) in [6.07, 6.45) is 1.50. The van der Waals surface area contributed by atoms with E-state index >= 15 is 0 Å². The summed E-state index contributed by atoms with van der Waals surface area (Å²) < 4.78 is 0. The lowest BCUT2D eigenvalue weighted by Gasteiger charge is -2.09. The Morgan fingerprint density at radius 1 is 1.18 bits per heavy atom. The van der Waals surface area contributed by atoms with Crippen LogP contribution in [0.15, 0.2) is 17.1 Å². The Morgan fingerprint density at radius 3 is 2.41 bits per heavy atom. The first kappa shape index (κ1) is 11.6. The van der Waals surface area contributed by atoms with Gasteiger partial charge in [-0.1, -0.05) is 0 Å². The van der Waals surface area contributed by atoms with Gasteiger partial charge in [-0.05, 0) is 50.5 Å². The zero-order valence-electron chi connectivity index (χ0n) is 10.5. The first-order chi connectivity index (χ1) is 7.93. The van der Waals surface area contributed by atoms with Crippen LogP contribution < -0.4 is 5.43 Å². The number of benzene rings is 1. The number of nitrogens with one attached hydrogen (secondary N) is 1. The van der Waals surface area contributed by atoms with Gasteiger partial charge in [0, 0.05) is 17.1 Å². The van der Waals surface area contributed by atoms with E-state index in [0.29, 0.717) is 5.39 Å². The Hall–Kier alpha value is -1.90. The maximum atomic E-state index is 12.2. The van der Waals surface area contributed by atoms with Crippen LogP contribution in [0.3, 0.4) is 0 Å². The van der Waals surface area contributed by atoms with Gasteiger partial charge in [0.15, 0.2) is 11.2 Å². The molecule has 3 nitrogen and oxygen atoms in total. The number of fused-ring (bicyclic) bond motifs is 1. The highest BCUT2D eigenvalue weighted by molar-refractivity contribution is 5.97. The highest BCUT2D eigenvalue weighted by Gasteiger charge is 2.12. The van der Waals surface area contributed by atoms with Crippen LogP contribution in [0.25, 0.3) is 10.9 Å². The third-order valence-corrected chi connectivity index (χ3v) is 3.38. The molecule has 1 heterocycles. The number of carbonyl (C=O) groups excluding carboxylic acids is 1. The molecular weight excluding hydrogens is 214 g/mol. The van der Waals surface area contributed by atoms with Crippen LogP contribution in [0.1, 0.15) is 34.0 Å². The fourth-order valence-electron chi connectivity index (χ4n) is 2.10. The summed E-state index contributed by atoms with van der Waals surface area (Å²) in [5, 5.41) is 0.626. The first-order valence-electron chi connectivity index (χ1n) is 5.56. The molecule has 0 radical (unpaired) electrons. The van der Waals surface area contributed by atoms with E-state index in [1.54, 1.807) is 0 Å². The van der Waals surface area contributed by atoms with Crippen LogP contribution in [-0.2, 0) is 0 Å². The molecule has 1 N–H and O–H groups in total. The molecule has 0 aliphatic heterocycles. The minimum absolute atomic E-state index is 0.174. The van der Waals surface area contributed by atoms with Crippen molar-refractivity contribution in [2.75, 3.05) is 0 Å². The monoisotopic (exact) mass is 229 g/mol. The minimum Gasteiger partial charge on any atom is -0.360 e. The number of H-pyrrole nitrogens is 1. The predicted octanol–water partition coefficient (Wildman–Crippen LogP) is 2.66. The number of ketones is 1. The molecule has 0 amide bonds. The second kappa shape index (κ2) is 3.84. The number of aryl methyl sites for hydroxylation is 2. The van der Waals surface area contributed by atoms with Crippen molar-refractivity contribution in [2.24, 2.45) is 0 Å². The van der Waals surface area contributed by atoms with E-state index in [1.165, 1.54) is 13.1 Å². The fourth-order valence-corrected chi connectivity index (χ4v) is 2.10. The van der Waals surface area contributed by atoms with E-state index in [4.69, 9.17) is 0 Å². The highest BCUT2D eigenvalue weighted by atomic mass is 16.1. The molecule has 17 heavy (non-hydrogen) atoms. The number of aromatic nitrogens is 1. The van der Waals surface area contributed by atoms with Crippen LogP contribution in [0.2, 0.25) is 0 Å². The van der Waals surface area contributed by atoms with Crippen molar-refractivity contribution in [3.63, 3.8) is 0 Å². The quantitative estimate of drug-likeness (QED) is 0.764. The van der Waals surface area contributed by atoms with Gasteiger partial charge in [0.1, 0.15) is 0 Å². The van der Waals surface area contributed by atoms with Gasteiger partial charge in [-0.15, -0.1) is 0 Å². The van der Waals surface area contributed by atoms with Crippen LogP contribution >= 0.6 is 0 Å². The molecule has 2 aromatic rings. The molecule has 1 aromatic heterocycles. The fraction of sp³-hybridized carbons (Fsp3) is 0.286. The molecule has 0 unspecified atom stereocenters. The smallest absolute Gasteiger partial charge is 0.200 e. The molecule has 0 aliphatic rings. The number of rotatable bonds is 1. The molecule has 3 heteroatoms. The topological polar surface area (TPSA) is 49.9 Å². The van der Waals surface area contributed by atoms with Gasteiger partial charge in [-0.3, -0.25) is 9.59 Å². The number of Topliss-reactive ketones (excluding diaryl/α,β-unsaturated/α-hetero) is 1. The average molecular weight is 229 g/mol. The van der Waals surface area contributed by atoms with Crippen LogP contribution in [-0.4, -0.2) is 10.8 Å². The highest BCUT2D eigenvalue weighted by Crippen LogP contribution is 2.21. The second-order valence-corrected chi connectivity index (χ2v) is 4.45. The van der Waals surface area contributed by atoms with E-state index in [2.05, 4.69) is 4.98 Å². The van der Waals surface area contributed by atoms with Crippen molar-refractivity contribution in [3.8, 4) is 0 Å². The Balaban J connectivity index is 3.00. The largest absolute Gasteiger partial charge is 0.360 e. The van der Waals surface area contributed by atoms with Crippen molar-refractivity contribution in [1.29, 1.82) is 0 Å². The van der Waals surface area contributed by atoms with E-state index in [0.717, 1.165) is 22.2 Å². The van der Waals surface area contributed by atoms with Gasteiger partial charge in [0.05, 0.1) is 5.56 Å². The molecule has 0 atom stereocenters. The van der Waals surface area contributed by atoms with Gasteiger partial charge in [-0.2, -0.15) is 0 Å². The number of hydrogen-bond acceptors (Lipinski definition) is 2. The summed E-state index contributed by atoms with van der Waals surface area (Å²) in [7, 11) is 0. The van der Waals surface area contributed by atoms with Gasteiger partial charge in [0.25, 0.3) is 0 Å². The molecular formula is C14H15NO2. The lowest BCUT2D eigenvalue weighted by atomic mass is 9.97. The number of carbonyl (C=O) groups is 1. The van der Waals surface area contributed by atoms with Crippen molar-refractivity contribution in [3.05, 3.63) is 44.7 Å². The predicted molar refractivity (Wildman–Crippen MR) is 68.8 cm³/mol. The SMILES string of the molecule is CC(=O)c1c[nH]c2cc(C)c(C)c(C)c2c1=O. The Morgan fingerprint density at radius 2 is 1.82 bits per heavy atom. The lowest BCUT2D eigenvalue weighted by molar-refractivity contribution is 0.101. The average Bonchev–Trinajstić information content (AvgIpc) is 2.25. The molecule has 0 fully saturated rings. The van der Waals surface area contributed by atoms with Crippen molar-refractivity contribution >= 4 is 16.7 Å². The maximum Gasteiger partial charge on any atom is 0.200 e. The molecule has 0 spiro atoms. The summed E-state index contributed by atoms with van der Waals surface area (Å²) in [4.78, 5) is 26.6. The Labute approximate surface area is 99.5 Å². The van der Waals surface area contributed by atoms with Crippen molar-refractivity contribution < 1.29 is 4.79 Å². The van der Waals surface area contributed by atoms with Gasteiger partial charge >= 0.3 is 0 Å².